The van der Waals surface area contributed by atoms with Gasteiger partial charge in [-0.3, -0.25) is 0 Å². The first-order chi connectivity index (χ1) is 6.92. The zero-order valence-electron chi connectivity index (χ0n) is 9.17. The van der Waals surface area contributed by atoms with Crippen molar-refractivity contribution in [2.75, 3.05) is 0 Å². The lowest BCUT2D eigenvalue weighted by Crippen LogP contribution is -2.39. The van der Waals surface area contributed by atoms with E-state index in [1.54, 1.807) is 6.42 Å². The summed E-state index contributed by atoms with van der Waals surface area (Å²) in [7, 11) is 0. The molecule has 80 valence electrons. The minimum Gasteiger partial charge on any atom is -0.311 e. The summed E-state index contributed by atoms with van der Waals surface area (Å²) >= 11 is 0. The predicted molar refractivity (Wildman–Crippen MR) is 59.2 cm³/mol. The van der Waals surface area contributed by atoms with Gasteiger partial charge in [-0.05, 0) is 43.9 Å². The highest BCUT2D eigenvalue weighted by atomic mass is 15.0. The van der Waals surface area contributed by atoms with E-state index < -0.39 is 0 Å². The summed E-state index contributed by atoms with van der Waals surface area (Å²) in [5.74, 6) is 2.20. The van der Waals surface area contributed by atoms with Gasteiger partial charge in [-0.2, -0.15) is 0 Å². The molecule has 0 saturated heterocycles. The third-order valence-corrected chi connectivity index (χ3v) is 4.59. The minimum absolute atomic E-state index is 0.891. The van der Waals surface area contributed by atoms with Crippen LogP contribution in [0.15, 0.2) is 0 Å². The van der Waals surface area contributed by atoms with Crippen LogP contribution < -0.4 is 5.32 Å². The van der Waals surface area contributed by atoms with Gasteiger partial charge in [-0.15, -0.1) is 0 Å². The Morgan fingerprint density at radius 2 is 1.36 bits per heavy atom. The second-order valence-electron chi connectivity index (χ2n) is 5.76. The molecule has 0 aromatic heterocycles. The molecule has 3 atom stereocenters. The lowest BCUT2D eigenvalue weighted by atomic mass is 9.69. The summed E-state index contributed by atoms with van der Waals surface area (Å²) in [4.78, 5) is 0. The summed E-state index contributed by atoms with van der Waals surface area (Å²) < 4.78 is 0. The largest absolute Gasteiger partial charge is 0.311 e. The lowest BCUT2D eigenvalue weighted by Gasteiger charge is -2.39. The second kappa shape index (κ2) is 3.84. The molecule has 0 aromatic carbocycles. The molecular formula is C13H23N. The molecule has 0 radical (unpaired) electrons. The molecule has 0 aliphatic heterocycles. The normalized spacial score (nSPS) is 43.3. The fourth-order valence-electron chi connectivity index (χ4n) is 3.61. The maximum atomic E-state index is 3.83. The zero-order chi connectivity index (χ0) is 9.38. The van der Waals surface area contributed by atoms with E-state index in [2.05, 4.69) is 5.32 Å². The van der Waals surface area contributed by atoms with E-state index in [1.807, 2.05) is 0 Å². The summed E-state index contributed by atoms with van der Waals surface area (Å²) in [6, 6.07) is 1.81. The molecule has 1 N–H and O–H groups in total. The number of hydrogen-bond acceptors (Lipinski definition) is 1. The molecule has 14 heavy (non-hydrogen) atoms. The van der Waals surface area contributed by atoms with Crippen LogP contribution in [0.5, 0.6) is 0 Å². The van der Waals surface area contributed by atoms with E-state index in [4.69, 9.17) is 0 Å². The first-order valence-electron chi connectivity index (χ1n) is 6.68. The maximum absolute atomic E-state index is 3.83. The zero-order valence-corrected chi connectivity index (χ0v) is 9.17. The van der Waals surface area contributed by atoms with Crippen LogP contribution in [0, 0.1) is 11.8 Å². The van der Waals surface area contributed by atoms with Gasteiger partial charge in [0.1, 0.15) is 0 Å². The van der Waals surface area contributed by atoms with Gasteiger partial charge >= 0.3 is 0 Å². The average Bonchev–Trinajstić information content (AvgIpc) is 3.02. The Morgan fingerprint density at radius 3 is 2.14 bits per heavy atom. The van der Waals surface area contributed by atoms with Crippen LogP contribution in [0.4, 0.5) is 0 Å². The van der Waals surface area contributed by atoms with Gasteiger partial charge in [0, 0.05) is 12.1 Å². The molecule has 3 aliphatic carbocycles. The molecule has 3 rings (SSSR count). The fourth-order valence-corrected chi connectivity index (χ4v) is 3.61. The summed E-state index contributed by atoms with van der Waals surface area (Å²) in [5.41, 5.74) is 0. The Kier molecular flexibility index (Phi) is 2.53. The average molecular weight is 193 g/mol. The Labute approximate surface area is 87.7 Å². The van der Waals surface area contributed by atoms with Crippen molar-refractivity contribution in [3.05, 3.63) is 0 Å². The lowest BCUT2D eigenvalue weighted by molar-refractivity contribution is 0.143. The molecule has 3 aliphatic rings. The Hall–Kier alpha value is -0.0400. The Balaban J connectivity index is 1.53. The van der Waals surface area contributed by atoms with Gasteiger partial charge in [0.05, 0.1) is 0 Å². The van der Waals surface area contributed by atoms with Crippen LogP contribution in [-0.4, -0.2) is 12.1 Å². The molecule has 0 amide bonds. The predicted octanol–water partition coefficient (Wildman–Crippen LogP) is 3.10. The van der Waals surface area contributed by atoms with Crippen molar-refractivity contribution >= 4 is 0 Å². The quantitative estimate of drug-likeness (QED) is 0.710. The summed E-state index contributed by atoms with van der Waals surface area (Å²) in [6.45, 7) is 0. The molecule has 1 nitrogen and oxygen atoms in total. The van der Waals surface area contributed by atoms with Crippen LogP contribution in [0.25, 0.3) is 0 Å². The molecule has 1 heteroatoms. The van der Waals surface area contributed by atoms with Crippen molar-refractivity contribution in [3.63, 3.8) is 0 Å². The third-order valence-electron chi connectivity index (χ3n) is 4.59. The van der Waals surface area contributed by atoms with E-state index in [0.29, 0.717) is 0 Å². The Bertz CT molecular complexity index is 197. The van der Waals surface area contributed by atoms with Crippen LogP contribution in [0.2, 0.25) is 0 Å². The van der Waals surface area contributed by atoms with Gasteiger partial charge in [0.15, 0.2) is 0 Å². The smallest absolute Gasteiger partial charge is 0.00724 e. The van der Waals surface area contributed by atoms with E-state index in [1.165, 1.54) is 51.4 Å². The van der Waals surface area contributed by atoms with Crippen LogP contribution in [0.1, 0.15) is 57.8 Å². The number of fused-ring (bicyclic) bond motifs is 1. The number of nitrogens with one attached hydrogen (secondary N) is 1. The SMILES string of the molecule is C1CCC2CC(NC3CC3)CCC2C1. The van der Waals surface area contributed by atoms with E-state index in [9.17, 15) is 0 Å². The maximum Gasteiger partial charge on any atom is 0.00724 e. The summed E-state index contributed by atoms with van der Waals surface area (Å²) in [6.07, 6.45) is 13.5. The van der Waals surface area contributed by atoms with Gasteiger partial charge in [0.2, 0.25) is 0 Å². The van der Waals surface area contributed by atoms with Gasteiger partial charge in [0.25, 0.3) is 0 Å². The molecule has 3 unspecified atom stereocenters. The number of rotatable bonds is 2. The third kappa shape index (κ3) is 1.98. The molecular weight excluding hydrogens is 170 g/mol. The topological polar surface area (TPSA) is 12.0 Å². The highest BCUT2D eigenvalue weighted by molar-refractivity contribution is 4.90. The summed E-state index contributed by atoms with van der Waals surface area (Å²) in [5, 5.41) is 3.83. The first kappa shape index (κ1) is 9.21. The number of hydrogen-bond donors (Lipinski definition) is 1. The van der Waals surface area contributed by atoms with Crippen molar-refractivity contribution in [2.24, 2.45) is 11.8 Å². The van der Waals surface area contributed by atoms with Crippen LogP contribution in [0.3, 0.4) is 0 Å². The highest BCUT2D eigenvalue weighted by Crippen LogP contribution is 2.41. The molecule has 0 heterocycles. The fraction of sp³-hybridized carbons (Fsp3) is 1.00. The molecule has 0 aromatic rings. The second-order valence-corrected chi connectivity index (χ2v) is 5.76. The molecule has 0 spiro atoms. The van der Waals surface area contributed by atoms with Crippen molar-refractivity contribution in [3.8, 4) is 0 Å². The van der Waals surface area contributed by atoms with Gasteiger partial charge in [-0.1, -0.05) is 25.7 Å². The monoisotopic (exact) mass is 193 g/mol. The van der Waals surface area contributed by atoms with Crippen molar-refractivity contribution in [2.45, 2.75) is 69.9 Å². The molecule has 0 bridgehead atoms. The standard InChI is InChI=1S/C13H23N/c1-2-4-11-9-13(14-12-7-8-12)6-5-10(11)3-1/h10-14H,1-9H2. The minimum atomic E-state index is 0.891. The van der Waals surface area contributed by atoms with E-state index in [0.717, 1.165) is 23.9 Å². The van der Waals surface area contributed by atoms with Crippen molar-refractivity contribution in [1.82, 2.24) is 5.32 Å². The first-order valence-corrected chi connectivity index (χ1v) is 6.68. The Morgan fingerprint density at radius 1 is 0.643 bits per heavy atom. The van der Waals surface area contributed by atoms with E-state index in [-0.39, 0.29) is 0 Å². The van der Waals surface area contributed by atoms with E-state index >= 15 is 0 Å². The van der Waals surface area contributed by atoms with Crippen molar-refractivity contribution in [1.29, 1.82) is 0 Å². The highest BCUT2D eigenvalue weighted by Gasteiger charge is 2.34. The van der Waals surface area contributed by atoms with Crippen LogP contribution >= 0.6 is 0 Å². The van der Waals surface area contributed by atoms with Gasteiger partial charge < -0.3 is 5.32 Å². The molecule has 3 fully saturated rings. The van der Waals surface area contributed by atoms with Crippen molar-refractivity contribution < 1.29 is 0 Å². The molecule has 3 saturated carbocycles. The van der Waals surface area contributed by atoms with Crippen LogP contribution in [-0.2, 0) is 0 Å². The van der Waals surface area contributed by atoms with Gasteiger partial charge in [-0.25, -0.2) is 0 Å².